The molecule has 0 aromatic heterocycles. The first-order valence-electron chi connectivity index (χ1n) is 7.74. The zero-order chi connectivity index (χ0) is 16.0. The SMILES string of the molecule is COc1cccc2c1N[C@H](c1cccc(Cl)c1Cl)[C@@H]1CC=C[C@@H]21. The van der Waals surface area contributed by atoms with Crippen LogP contribution in [0, 0.1) is 5.92 Å². The normalized spacial score (nSPS) is 24.7. The number of rotatable bonds is 2. The van der Waals surface area contributed by atoms with Crippen LogP contribution in [0.5, 0.6) is 5.75 Å². The molecule has 1 aliphatic carbocycles. The van der Waals surface area contributed by atoms with Crippen LogP contribution < -0.4 is 10.1 Å². The van der Waals surface area contributed by atoms with Gasteiger partial charge >= 0.3 is 0 Å². The number of ether oxygens (including phenoxy) is 1. The van der Waals surface area contributed by atoms with Crippen molar-refractivity contribution >= 4 is 28.9 Å². The Kier molecular flexibility index (Phi) is 3.74. The van der Waals surface area contributed by atoms with Crippen LogP contribution >= 0.6 is 23.2 Å². The summed E-state index contributed by atoms with van der Waals surface area (Å²) in [6.07, 6.45) is 5.59. The molecule has 0 saturated heterocycles. The van der Waals surface area contributed by atoms with Crippen LogP contribution in [-0.4, -0.2) is 7.11 Å². The molecule has 0 fully saturated rings. The molecule has 0 spiro atoms. The van der Waals surface area contributed by atoms with Crippen LogP contribution in [0.25, 0.3) is 0 Å². The smallest absolute Gasteiger partial charge is 0.142 e. The van der Waals surface area contributed by atoms with E-state index in [1.54, 1.807) is 7.11 Å². The summed E-state index contributed by atoms with van der Waals surface area (Å²) in [4.78, 5) is 0. The van der Waals surface area contributed by atoms with Crippen molar-refractivity contribution < 1.29 is 4.74 Å². The molecule has 2 aromatic carbocycles. The highest BCUT2D eigenvalue weighted by Gasteiger charge is 2.39. The van der Waals surface area contributed by atoms with E-state index < -0.39 is 0 Å². The molecule has 1 aliphatic heterocycles. The third-order valence-electron chi connectivity index (χ3n) is 4.89. The second-order valence-electron chi connectivity index (χ2n) is 6.04. The minimum absolute atomic E-state index is 0.116. The summed E-state index contributed by atoms with van der Waals surface area (Å²) >= 11 is 12.7. The largest absolute Gasteiger partial charge is 0.495 e. The van der Waals surface area contributed by atoms with Crippen LogP contribution in [0.3, 0.4) is 0 Å². The van der Waals surface area contributed by atoms with Crippen LogP contribution in [-0.2, 0) is 0 Å². The number of nitrogens with one attached hydrogen (secondary N) is 1. The molecule has 2 aromatic rings. The molecule has 4 rings (SSSR count). The molecule has 0 radical (unpaired) electrons. The number of benzene rings is 2. The molecule has 3 atom stereocenters. The summed E-state index contributed by atoms with van der Waals surface area (Å²) in [6, 6.07) is 12.2. The summed E-state index contributed by atoms with van der Waals surface area (Å²) in [7, 11) is 1.70. The fraction of sp³-hybridized carbons (Fsp3) is 0.263. The van der Waals surface area contributed by atoms with E-state index >= 15 is 0 Å². The second kappa shape index (κ2) is 5.77. The Morgan fingerprint density at radius 2 is 1.87 bits per heavy atom. The molecule has 2 nitrogen and oxygen atoms in total. The fourth-order valence-electron chi connectivity index (χ4n) is 3.83. The number of para-hydroxylation sites is 1. The number of methoxy groups -OCH3 is 1. The number of fused-ring (bicyclic) bond motifs is 3. The van der Waals surface area contributed by atoms with Crippen LogP contribution in [0.4, 0.5) is 5.69 Å². The lowest BCUT2D eigenvalue weighted by Crippen LogP contribution is -2.29. The lowest BCUT2D eigenvalue weighted by Gasteiger charge is -2.38. The van der Waals surface area contributed by atoms with E-state index in [2.05, 4.69) is 35.7 Å². The van der Waals surface area contributed by atoms with Gasteiger partial charge in [0, 0.05) is 5.92 Å². The van der Waals surface area contributed by atoms with Gasteiger partial charge in [-0.1, -0.05) is 59.6 Å². The van der Waals surface area contributed by atoms with Gasteiger partial charge in [-0.2, -0.15) is 0 Å². The zero-order valence-corrected chi connectivity index (χ0v) is 14.2. The van der Waals surface area contributed by atoms with Gasteiger partial charge in [0.1, 0.15) is 5.75 Å². The predicted octanol–water partition coefficient (Wildman–Crippen LogP) is 5.83. The van der Waals surface area contributed by atoms with Gasteiger partial charge < -0.3 is 10.1 Å². The van der Waals surface area contributed by atoms with Crippen molar-refractivity contribution in [1.82, 2.24) is 0 Å². The van der Waals surface area contributed by atoms with Crippen molar-refractivity contribution in [1.29, 1.82) is 0 Å². The number of hydrogen-bond acceptors (Lipinski definition) is 2. The monoisotopic (exact) mass is 345 g/mol. The molecule has 0 saturated carbocycles. The molecule has 118 valence electrons. The lowest BCUT2D eigenvalue weighted by atomic mass is 9.77. The first-order chi connectivity index (χ1) is 11.2. The number of allylic oxidation sites excluding steroid dienone is 2. The van der Waals surface area contributed by atoms with E-state index in [4.69, 9.17) is 27.9 Å². The average molecular weight is 346 g/mol. The molecular weight excluding hydrogens is 329 g/mol. The van der Waals surface area contributed by atoms with Crippen molar-refractivity contribution in [3.63, 3.8) is 0 Å². The molecule has 2 aliphatic rings. The summed E-state index contributed by atoms with van der Waals surface area (Å²) in [5.41, 5.74) is 3.40. The average Bonchev–Trinajstić information content (AvgIpc) is 3.06. The van der Waals surface area contributed by atoms with E-state index in [1.807, 2.05) is 18.2 Å². The van der Waals surface area contributed by atoms with Gasteiger partial charge in [0.05, 0.1) is 28.9 Å². The maximum atomic E-state index is 6.49. The van der Waals surface area contributed by atoms with Crippen LogP contribution in [0.2, 0.25) is 10.0 Å². The molecule has 4 heteroatoms. The molecule has 0 unspecified atom stereocenters. The first-order valence-corrected chi connectivity index (χ1v) is 8.50. The summed E-state index contributed by atoms with van der Waals surface area (Å²) in [5.74, 6) is 1.68. The van der Waals surface area contributed by atoms with Crippen molar-refractivity contribution in [2.45, 2.75) is 18.4 Å². The summed E-state index contributed by atoms with van der Waals surface area (Å²) in [5, 5.41) is 4.90. The van der Waals surface area contributed by atoms with E-state index in [0.717, 1.165) is 23.4 Å². The molecular formula is C19H17Cl2NO. The molecule has 1 N–H and O–H groups in total. The maximum Gasteiger partial charge on any atom is 0.142 e. The highest BCUT2D eigenvalue weighted by molar-refractivity contribution is 6.42. The molecule has 1 heterocycles. The number of hydrogen-bond donors (Lipinski definition) is 1. The molecule has 0 bridgehead atoms. The zero-order valence-electron chi connectivity index (χ0n) is 12.7. The maximum absolute atomic E-state index is 6.49. The Morgan fingerprint density at radius 3 is 2.70 bits per heavy atom. The lowest BCUT2D eigenvalue weighted by molar-refractivity contribution is 0.397. The standard InChI is InChI=1S/C19H17Cl2NO/c1-23-16-10-4-7-13-11-5-2-6-12(11)18(22-19(13)16)14-8-3-9-15(20)17(14)21/h2-5,7-12,18,22H,6H2,1H3/t11-,12-,18+/m1/s1. The van der Waals surface area contributed by atoms with Crippen LogP contribution in [0.1, 0.15) is 29.5 Å². The van der Waals surface area contributed by atoms with Gasteiger partial charge in [0.25, 0.3) is 0 Å². The third-order valence-corrected chi connectivity index (χ3v) is 5.73. The molecule has 23 heavy (non-hydrogen) atoms. The summed E-state index contributed by atoms with van der Waals surface area (Å²) in [6.45, 7) is 0. The van der Waals surface area contributed by atoms with Crippen molar-refractivity contribution in [2.75, 3.05) is 12.4 Å². The highest BCUT2D eigenvalue weighted by Crippen LogP contribution is 2.53. The Bertz CT molecular complexity index is 787. The Balaban J connectivity index is 1.85. The highest BCUT2D eigenvalue weighted by atomic mass is 35.5. The van der Waals surface area contributed by atoms with Gasteiger partial charge in [-0.15, -0.1) is 0 Å². The van der Waals surface area contributed by atoms with E-state index in [0.29, 0.717) is 21.9 Å². The van der Waals surface area contributed by atoms with Gasteiger partial charge in [-0.3, -0.25) is 0 Å². The van der Waals surface area contributed by atoms with Gasteiger partial charge in [-0.25, -0.2) is 0 Å². The third kappa shape index (κ3) is 2.32. The predicted molar refractivity (Wildman–Crippen MR) is 95.8 cm³/mol. The molecule has 0 amide bonds. The Morgan fingerprint density at radius 1 is 1.09 bits per heavy atom. The van der Waals surface area contributed by atoms with Crippen LogP contribution in [0.15, 0.2) is 48.6 Å². The van der Waals surface area contributed by atoms with E-state index in [9.17, 15) is 0 Å². The summed E-state index contributed by atoms with van der Waals surface area (Å²) < 4.78 is 5.55. The quantitative estimate of drug-likeness (QED) is 0.691. The van der Waals surface area contributed by atoms with Gasteiger partial charge in [-0.05, 0) is 35.6 Å². The number of anilines is 1. The van der Waals surface area contributed by atoms with Crippen molar-refractivity contribution in [3.05, 3.63) is 69.7 Å². The van der Waals surface area contributed by atoms with E-state index in [-0.39, 0.29) is 6.04 Å². The second-order valence-corrected chi connectivity index (χ2v) is 6.83. The Hall–Kier alpha value is -1.64. The van der Waals surface area contributed by atoms with Crippen molar-refractivity contribution in [2.24, 2.45) is 5.92 Å². The fourth-order valence-corrected chi connectivity index (χ4v) is 4.26. The number of halogens is 2. The topological polar surface area (TPSA) is 21.3 Å². The van der Waals surface area contributed by atoms with Crippen molar-refractivity contribution in [3.8, 4) is 5.75 Å². The first kappa shape index (κ1) is 14.9. The Labute approximate surface area is 146 Å². The van der Waals surface area contributed by atoms with Gasteiger partial charge in [0.2, 0.25) is 0 Å². The van der Waals surface area contributed by atoms with E-state index in [1.165, 1.54) is 5.56 Å². The van der Waals surface area contributed by atoms with Gasteiger partial charge in [0.15, 0.2) is 0 Å². The minimum Gasteiger partial charge on any atom is -0.495 e. The minimum atomic E-state index is 0.116.